The Bertz CT molecular complexity index is 230. The lowest BCUT2D eigenvalue weighted by Crippen LogP contribution is -2.32. The maximum atomic E-state index is 11.7. The Morgan fingerprint density at radius 3 is 2.28 bits per heavy atom. The monoisotopic (exact) mass is 258 g/mol. The third-order valence-electron chi connectivity index (χ3n) is 2.86. The maximum absolute atomic E-state index is 11.7. The average Bonchev–Trinajstić information content (AvgIpc) is 2.26. The van der Waals surface area contributed by atoms with Crippen molar-refractivity contribution >= 4 is 5.97 Å². The van der Waals surface area contributed by atoms with Gasteiger partial charge in [0.15, 0.2) is 6.10 Å². The lowest BCUT2D eigenvalue weighted by atomic mass is 10.0. The number of ether oxygens (including phenoxy) is 2. The van der Waals surface area contributed by atoms with Gasteiger partial charge in [0.05, 0.1) is 6.61 Å². The van der Waals surface area contributed by atoms with Gasteiger partial charge in [0.2, 0.25) is 0 Å². The van der Waals surface area contributed by atoms with Crippen LogP contribution in [-0.2, 0) is 14.3 Å². The smallest absolute Gasteiger partial charge is 0.335 e. The number of carbonyl (C=O) groups excluding carboxylic acids is 1. The van der Waals surface area contributed by atoms with E-state index in [4.69, 9.17) is 9.47 Å². The average molecular weight is 258 g/mol. The third kappa shape index (κ3) is 8.51. The zero-order valence-electron chi connectivity index (χ0n) is 12.9. The number of unbranched alkanes of at least 4 members (excludes halogenated alkanes) is 1. The van der Waals surface area contributed by atoms with Gasteiger partial charge >= 0.3 is 5.97 Å². The first-order valence-corrected chi connectivity index (χ1v) is 7.14. The molecule has 0 saturated carbocycles. The van der Waals surface area contributed by atoms with Crippen LogP contribution < -0.4 is 0 Å². The molecule has 0 rings (SSSR count). The molecule has 0 heterocycles. The van der Waals surface area contributed by atoms with Gasteiger partial charge in [-0.25, -0.2) is 4.79 Å². The summed E-state index contributed by atoms with van der Waals surface area (Å²) in [5.41, 5.74) is -0.443. The normalized spacial score (nSPS) is 15.2. The van der Waals surface area contributed by atoms with E-state index in [1.54, 1.807) is 6.92 Å². The molecule has 3 heteroatoms. The van der Waals surface area contributed by atoms with Crippen molar-refractivity contribution in [2.75, 3.05) is 6.61 Å². The zero-order chi connectivity index (χ0) is 14.2. The van der Waals surface area contributed by atoms with Crippen LogP contribution in [0.15, 0.2) is 0 Å². The molecule has 0 aromatic rings. The van der Waals surface area contributed by atoms with Crippen LogP contribution in [0.1, 0.15) is 67.2 Å². The SMILES string of the molecule is CCCCC(CC)COC(C)C(=O)OC(C)(C)C. The molecule has 0 aliphatic heterocycles. The lowest BCUT2D eigenvalue weighted by molar-refractivity contribution is -0.168. The quantitative estimate of drug-likeness (QED) is 0.618. The van der Waals surface area contributed by atoms with Crippen LogP contribution in [0.3, 0.4) is 0 Å². The molecule has 0 aromatic heterocycles. The highest BCUT2D eigenvalue weighted by Gasteiger charge is 2.22. The summed E-state index contributed by atoms with van der Waals surface area (Å²) in [7, 11) is 0. The maximum Gasteiger partial charge on any atom is 0.335 e. The summed E-state index contributed by atoms with van der Waals surface area (Å²) in [5, 5.41) is 0. The molecular formula is C15H30O3. The Labute approximate surface area is 112 Å². The predicted octanol–water partition coefficient (Wildman–Crippen LogP) is 3.95. The second kappa shape index (κ2) is 8.52. The van der Waals surface area contributed by atoms with E-state index in [-0.39, 0.29) is 5.97 Å². The van der Waals surface area contributed by atoms with E-state index in [2.05, 4.69) is 13.8 Å². The van der Waals surface area contributed by atoms with E-state index in [1.165, 1.54) is 19.3 Å². The van der Waals surface area contributed by atoms with Gasteiger partial charge in [-0.1, -0.05) is 33.1 Å². The highest BCUT2D eigenvalue weighted by molar-refractivity contribution is 5.74. The fourth-order valence-corrected chi connectivity index (χ4v) is 1.63. The third-order valence-corrected chi connectivity index (χ3v) is 2.86. The van der Waals surface area contributed by atoms with Crippen LogP contribution in [0.4, 0.5) is 0 Å². The lowest BCUT2D eigenvalue weighted by Gasteiger charge is -2.23. The summed E-state index contributed by atoms with van der Waals surface area (Å²) in [6.07, 6.45) is 4.23. The molecule has 0 aliphatic rings. The number of hydrogen-bond acceptors (Lipinski definition) is 3. The Kier molecular flexibility index (Phi) is 8.25. The molecule has 0 N–H and O–H groups in total. The van der Waals surface area contributed by atoms with E-state index in [0.717, 1.165) is 6.42 Å². The van der Waals surface area contributed by atoms with E-state index < -0.39 is 11.7 Å². The molecule has 18 heavy (non-hydrogen) atoms. The van der Waals surface area contributed by atoms with Crippen molar-refractivity contribution in [3.8, 4) is 0 Å². The minimum Gasteiger partial charge on any atom is -0.458 e. The van der Waals surface area contributed by atoms with Gasteiger partial charge in [0.1, 0.15) is 5.60 Å². The summed E-state index contributed by atoms with van der Waals surface area (Å²) in [6.45, 7) is 12.4. The zero-order valence-corrected chi connectivity index (χ0v) is 12.9. The van der Waals surface area contributed by atoms with Crippen LogP contribution in [0, 0.1) is 5.92 Å². The molecule has 0 aromatic carbocycles. The summed E-state index contributed by atoms with van der Waals surface area (Å²) in [5.74, 6) is 0.280. The minimum absolute atomic E-state index is 0.271. The Morgan fingerprint density at radius 1 is 1.22 bits per heavy atom. The van der Waals surface area contributed by atoms with Gasteiger partial charge in [-0.05, 0) is 40.0 Å². The topological polar surface area (TPSA) is 35.5 Å². The number of carbonyl (C=O) groups is 1. The molecule has 2 unspecified atom stereocenters. The van der Waals surface area contributed by atoms with Gasteiger partial charge in [0.25, 0.3) is 0 Å². The number of hydrogen-bond donors (Lipinski definition) is 0. The van der Waals surface area contributed by atoms with Crippen LogP contribution in [-0.4, -0.2) is 24.3 Å². The molecular weight excluding hydrogens is 228 g/mol. The second-order valence-electron chi connectivity index (χ2n) is 5.93. The van der Waals surface area contributed by atoms with Gasteiger partial charge in [0, 0.05) is 0 Å². The van der Waals surface area contributed by atoms with Gasteiger partial charge < -0.3 is 9.47 Å². The fraction of sp³-hybridized carbons (Fsp3) is 0.933. The van der Waals surface area contributed by atoms with E-state index in [9.17, 15) is 4.79 Å². The molecule has 108 valence electrons. The summed E-state index contributed by atoms with van der Waals surface area (Å²) in [4.78, 5) is 11.7. The molecule has 0 bridgehead atoms. The van der Waals surface area contributed by atoms with Crippen LogP contribution in [0.2, 0.25) is 0 Å². The van der Waals surface area contributed by atoms with E-state index >= 15 is 0 Å². The molecule has 0 spiro atoms. The minimum atomic E-state index is -0.472. The van der Waals surface area contributed by atoms with Crippen molar-refractivity contribution in [1.29, 1.82) is 0 Å². The Morgan fingerprint density at radius 2 is 1.83 bits per heavy atom. The first kappa shape index (κ1) is 17.4. The van der Waals surface area contributed by atoms with Gasteiger partial charge in [-0.3, -0.25) is 0 Å². The van der Waals surface area contributed by atoms with Crippen LogP contribution in [0.5, 0.6) is 0 Å². The fourth-order valence-electron chi connectivity index (χ4n) is 1.63. The largest absolute Gasteiger partial charge is 0.458 e. The highest BCUT2D eigenvalue weighted by Crippen LogP contribution is 2.15. The molecule has 0 amide bonds. The number of rotatable bonds is 8. The first-order chi connectivity index (χ1) is 8.30. The Balaban J connectivity index is 3.99. The number of esters is 1. The van der Waals surface area contributed by atoms with Crippen molar-refractivity contribution in [2.45, 2.75) is 78.9 Å². The molecule has 3 nitrogen and oxygen atoms in total. The standard InChI is InChI=1S/C15H30O3/c1-7-9-10-13(8-2)11-17-12(3)14(16)18-15(4,5)6/h12-13H,7-11H2,1-6H3. The van der Waals surface area contributed by atoms with E-state index in [1.807, 2.05) is 20.8 Å². The molecule has 0 aliphatic carbocycles. The molecule has 0 saturated heterocycles. The second-order valence-corrected chi connectivity index (χ2v) is 5.93. The molecule has 0 fully saturated rings. The van der Waals surface area contributed by atoms with Crippen molar-refractivity contribution in [2.24, 2.45) is 5.92 Å². The summed E-state index contributed by atoms with van der Waals surface area (Å²) in [6, 6.07) is 0. The van der Waals surface area contributed by atoms with Crippen LogP contribution in [0.25, 0.3) is 0 Å². The highest BCUT2D eigenvalue weighted by atomic mass is 16.6. The summed E-state index contributed by atoms with van der Waals surface area (Å²) >= 11 is 0. The predicted molar refractivity (Wildman–Crippen MR) is 74.6 cm³/mol. The van der Waals surface area contributed by atoms with Gasteiger partial charge in [-0.15, -0.1) is 0 Å². The molecule has 0 radical (unpaired) electrons. The first-order valence-electron chi connectivity index (χ1n) is 7.14. The van der Waals surface area contributed by atoms with Crippen molar-refractivity contribution in [3.63, 3.8) is 0 Å². The van der Waals surface area contributed by atoms with E-state index in [0.29, 0.717) is 12.5 Å². The van der Waals surface area contributed by atoms with Crippen molar-refractivity contribution in [3.05, 3.63) is 0 Å². The van der Waals surface area contributed by atoms with Crippen molar-refractivity contribution < 1.29 is 14.3 Å². The van der Waals surface area contributed by atoms with Gasteiger partial charge in [-0.2, -0.15) is 0 Å². The van der Waals surface area contributed by atoms with Crippen LogP contribution >= 0.6 is 0 Å². The van der Waals surface area contributed by atoms with Crippen molar-refractivity contribution in [1.82, 2.24) is 0 Å². The Hall–Kier alpha value is -0.570. The summed E-state index contributed by atoms with van der Waals surface area (Å²) < 4.78 is 10.9. The molecule has 2 atom stereocenters.